The van der Waals surface area contributed by atoms with Gasteiger partial charge >= 0.3 is 0 Å². The predicted molar refractivity (Wildman–Crippen MR) is 225 cm³/mol. The Bertz CT molecular complexity index is 3090. The summed E-state index contributed by atoms with van der Waals surface area (Å²) < 4.78 is 7.40. The Kier molecular flexibility index (Phi) is 6.73. The average Bonchev–Trinajstić information content (AvgIpc) is 3.92. The molecule has 11 rings (SSSR count). The van der Waals surface area contributed by atoms with Gasteiger partial charge in [0.15, 0.2) is 0 Å². The molecule has 4 aromatic heterocycles. The van der Waals surface area contributed by atoms with Crippen LogP contribution < -0.4 is 0 Å². The summed E-state index contributed by atoms with van der Waals surface area (Å²) in [5.41, 5.74) is 12.3. The number of hydrogen-bond acceptors (Lipinski definition) is 2. The fourth-order valence-corrected chi connectivity index (χ4v) is 9.27. The molecule has 4 heterocycles. The molecule has 0 atom stereocenters. The molecule has 0 saturated heterocycles. The summed E-state index contributed by atoms with van der Waals surface area (Å²) in [4.78, 5) is 5.29. The first-order valence-electron chi connectivity index (χ1n) is 18.0. The largest absolute Gasteiger partial charge is 0.316 e. The van der Waals surface area contributed by atoms with Gasteiger partial charge in [0.1, 0.15) is 0 Å². The van der Waals surface area contributed by atoms with E-state index in [2.05, 4.69) is 197 Å². The molecule has 0 aliphatic carbocycles. The first kappa shape index (κ1) is 29.9. The van der Waals surface area contributed by atoms with Gasteiger partial charge in [-0.2, -0.15) is 0 Å². The van der Waals surface area contributed by atoms with Crippen LogP contribution in [0.15, 0.2) is 188 Å². The van der Waals surface area contributed by atoms with E-state index in [4.69, 9.17) is 4.98 Å². The Balaban J connectivity index is 1.20. The molecule has 0 bridgehead atoms. The zero-order chi connectivity index (χ0) is 34.9. The minimum Gasteiger partial charge on any atom is -0.316 e. The van der Waals surface area contributed by atoms with Crippen molar-refractivity contribution in [3.8, 4) is 45.0 Å². The van der Waals surface area contributed by atoms with Crippen LogP contribution in [0.1, 0.15) is 0 Å². The third-order valence-electron chi connectivity index (χ3n) is 10.5. The molecule has 11 aromatic rings. The van der Waals surface area contributed by atoms with Crippen molar-refractivity contribution in [1.82, 2.24) is 14.1 Å². The number of fused-ring (bicyclic) bond motifs is 8. The number of nitrogens with zero attached hydrogens (tertiary/aromatic N) is 3. The predicted octanol–water partition coefficient (Wildman–Crippen LogP) is 13.5. The standard InChI is InChI=1S/C49H31N3S/c1-4-13-32(14-5-1)36-29-43(33-15-6-2-7-16-33)50-44(30-36)34-17-12-20-38(27-34)52-46-31-45-35(25-26-51(45)37-18-8-3-9-19-37)28-42(46)40-23-24-41-39-21-10-11-22-47(39)53-49(41)48(40)52/h1-31H. The quantitative estimate of drug-likeness (QED) is 0.176. The van der Waals surface area contributed by atoms with Crippen molar-refractivity contribution in [3.05, 3.63) is 188 Å². The van der Waals surface area contributed by atoms with E-state index in [1.54, 1.807) is 0 Å². The number of thiophene rings is 1. The van der Waals surface area contributed by atoms with Gasteiger partial charge < -0.3 is 9.13 Å². The summed E-state index contributed by atoms with van der Waals surface area (Å²) >= 11 is 1.88. The Hall–Kier alpha value is -6.75. The smallest absolute Gasteiger partial charge is 0.0719 e. The Morgan fingerprint density at radius 1 is 0.415 bits per heavy atom. The molecule has 0 aliphatic heterocycles. The highest BCUT2D eigenvalue weighted by Gasteiger charge is 2.20. The van der Waals surface area contributed by atoms with Crippen molar-refractivity contribution in [2.45, 2.75) is 0 Å². The van der Waals surface area contributed by atoms with Crippen molar-refractivity contribution in [2.24, 2.45) is 0 Å². The first-order chi connectivity index (χ1) is 26.3. The van der Waals surface area contributed by atoms with E-state index < -0.39 is 0 Å². The summed E-state index contributed by atoms with van der Waals surface area (Å²) in [5.74, 6) is 0. The molecular formula is C49H31N3S. The van der Waals surface area contributed by atoms with E-state index in [9.17, 15) is 0 Å². The lowest BCUT2D eigenvalue weighted by Crippen LogP contribution is -1.97. The number of rotatable bonds is 5. The zero-order valence-electron chi connectivity index (χ0n) is 28.6. The fraction of sp³-hybridized carbons (Fsp3) is 0. The maximum absolute atomic E-state index is 5.29. The van der Waals surface area contributed by atoms with Crippen LogP contribution in [0.4, 0.5) is 0 Å². The van der Waals surface area contributed by atoms with Crippen molar-refractivity contribution in [3.63, 3.8) is 0 Å². The third kappa shape index (κ3) is 4.84. The third-order valence-corrected chi connectivity index (χ3v) is 11.7. The van der Waals surface area contributed by atoms with Crippen LogP contribution in [-0.4, -0.2) is 14.1 Å². The fourth-order valence-electron chi connectivity index (χ4n) is 8.03. The molecular weight excluding hydrogens is 663 g/mol. The van der Waals surface area contributed by atoms with Crippen LogP contribution in [0.2, 0.25) is 0 Å². The average molecular weight is 694 g/mol. The first-order valence-corrected chi connectivity index (χ1v) is 18.8. The highest BCUT2D eigenvalue weighted by Crippen LogP contribution is 2.44. The normalized spacial score (nSPS) is 11.8. The summed E-state index contributed by atoms with van der Waals surface area (Å²) in [7, 11) is 0. The van der Waals surface area contributed by atoms with Gasteiger partial charge in [-0.15, -0.1) is 11.3 Å². The van der Waals surface area contributed by atoms with Gasteiger partial charge in [0.25, 0.3) is 0 Å². The summed E-state index contributed by atoms with van der Waals surface area (Å²) in [5, 5.41) is 6.33. The Labute approximate surface area is 310 Å². The van der Waals surface area contributed by atoms with Gasteiger partial charge in [0, 0.05) is 60.3 Å². The van der Waals surface area contributed by atoms with Crippen LogP contribution in [0.3, 0.4) is 0 Å². The lowest BCUT2D eigenvalue weighted by atomic mass is 10.00. The topological polar surface area (TPSA) is 22.8 Å². The molecule has 0 aliphatic rings. The van der Waals surface area contributed by atoms with E-state index in [-0.39, 0.29) is 0 Å². The van der Waals surface area contributed by atoms with E-state index in [1.807, 2.05) is 11.3 Å². The molecule has 0 amide bonds. The molecule has 0 unspecified atom stereocenters. The lowest BCUT2D eigenvalue weighted by molar-refractivity contribution is 1.13. The molecule has 0 spiro atoms. The van der Waals surface area contributed by atoms with Crippen LogP contribution >= 0.6 is 11.3 Å². The van der Waals surface area contributed by atoms with E-state index in [1.165, 1.54) is 58.4 Å². The molecule has 248 valence electrons. The number of pyridine rings is 1. The monoisotopic (exact) mass is 693 g/mol. The minimum absolute atomic E-state index is 0.945. The van der Waals surface area contributed by atoms with Gasteiger partial charge in [0.2, 0.25) is 0 Å². The van der Waals surface area contributed by atoms with Gasteiger partial charge in [-0.05, 0) is 71.8 Å². The van der Waals surface area contributed by atoms with E-state index in [0.29, 0.717) is 0 Å². The van der Waals surface area contributed by atoms with Crippen molar-refractivity contribution < 1.29 is 0 Å². The maximum Gasteiger partial charge on any atom is 0.0719 e. The number of hydrogen-bond donors (Lipinski definition) is 0. The molecule has 0 fully saturated rings. The van der Waals surface area contributed by atoms with Crippen LogP contribution in [0.5, 0.6) is 0 Å². The SMILES string of the molecule is c1ccc(-c2cc(-c3ccccc3)nc(-c3cccc(-n4c5cc6c(ccn6-c6ccccc6)cc5c5ccc6c7ccccc7sc6c54)c3)c2)cc1. The molecule has 0 saturated carbocycles. The summed E-state index contributed by atoms with van der Waals surface area (Å²) in [6, 6.07) is 65.5. The number of benzene rings is 7. The summed E-state index contributed by atoms with van der Waals surface area (Å²) in [6.45, 7) is 0. The maximum atomic E-state index is 5.29. The molecule has 0 N–H and O–H groups in total. The second kappa shape index (κ2) is 11.9. The van der Waals surface area contributed by atoms with E-state index >= 15 is 0 Å². The molecule has 53 heavy (non-hydrogen) atoms. The van der Waals surface area contributed by atoms with Gasteiger partial charge in [-0.1, -0.05) is 121 Å². The van der Waals surface area contributed by atoms with Crippen molar-refractivity contribution in [1.29, 1.82) is 0 Å². The molecule has 7 aromatic carbocycles. The lowest BCUT2D eigenvalue weighted by Gasteiger charge is -2.13. The minimum atomic E-state index is 0.945. The number of para-hydroxylation sites is 1. The Morgan fingerprint density at radius 3 is 1.89 bits per heavy atom. The number of aromatic nitrogens is 3. The van der Waals surface area contributed by atoms with Crippen LogP contribution in [0.25, 0.3) is 97.9 Å². The second-order valence-corrected chi connectivity index (χ2v) is 14.7. The van der Waals surface area contributed by atoms with Crippen molar-refractivity contribution >= 4 is 64.2 Å². The van der Waals surface area contributed by atoms with E-state index in [0.717, 1.165) is 39.5 Å². The summed E-state index contributed by atoms with van der Waals surface area (Å²) in [6.07, 6.45) is 2.19. The molecule has 3 nitrogen and oxygen atoms in total. The highest BCUT2D eigenvalue weighted by atomic mass is 32.1. The van der Waals surface area contributed by atoms with Gasteiger partial charge in [-0.3, -0.25) is 0 Å². The molecule has 0 radical (unpaired) electrons. The van der Waals surface area contributed by atoms with Crippen molar-refractivity contribution in [2.75, 3.05) is 0 Å². The van der Waals surface area contributed by atoms with Crippen LogP contribution in [-0.2, 0) is 0 Å². The molecule has 4 heteroatoms. The van der Waals surface area contributed by atoms with Gasteiger partial charge in [-0.25, -0.2) is 4.98 Å². The Morgan fingerprint density at radius 2 is 1.08 bits per heavy atom. The van der Waals surface area contributed by atoms with Gasteiger partial charge in [0.05, 0.1) is 32.6 Å². The zero-order valence-corrected chi connectivity index (χ0v) is 29.5. The second-order valence-electron chi connectivity index (χ2n) is 13.6. The van der Waals surface area contributed by atoms with Crippen LogP contribution in [0, 0.1) is 0 Å². The highest BCUT2D eigenvalue weighted by molar-refractivity contribution is 7.26.